The zero-order valence-electron chi connectivity index (χ0n) is 12.1. The normalized spacial score (nSPS) is 13.7. The first kappa shape index (κ1) is 15.1. The van der Waals surface area contributed by atoms with E-state index in [1.165, 1.54) is 0 Å². The van der Waals surface area contributed by atoms with Crippen LogP contribution in [0.2, 0.25) is 0 Å². The van der Waals surface area contributed by atoms with Crippen LogP contribution in [-0.4, -0.2) is 25.1 Å². The van der Waals surface area contributed by atoms with Crippen molar-refractivity contribution < 1.29 is 19.1 Å². The summed E-state index contributed by atoms with van der Waals surface area (Å²) in [5.74, 6) is 0.229. The summed E-state index contributed by atoms with van der Waals surface area (Å²) >= 11 is 0. The van der Waals surface area contributed by atoms with E-state index in [1.807, 2.05) is 19.1 Å². The molecule has 5 nitrogen and oxygen atoms in total. The summed E-state index contributed by atoms with van der Waals surface area (Å²) in [7, 11) is 0. The van der Waals surface area contributed by atoms with Crippen LogP contribution in [0.3, 0.4) is 0 Å². The van der Waals surface area contributed by atoms with Gasteiger partial charge < -0.3 is 14.8 Å². The maximum Gasteiger partial charge on any atom is 0.344 e. The second-order valence-corrected chi connectivity index (χ2v) is 4.72. The lowest BCUT2D eigenvalue weighted by Gasteiger charge is -2.17. The Kier molecular flexibility index (Phi) is 5.37. The topological polar surface area (TPSA) is 64.6 Å². The SMILES string of the molecule is CCC=CCOC(=O)COc1ccc2c(c1)CCC(=O)N2. The lowest BCUT2D eigenvalue weighted by molar-refractivity contribution is -0.144. The van der Waals surface area contributed by atoms with Crippen LogP contribution in [0.1, 0.15) is 25.3 Å². The highest BCUT2D eigenvalue weighted by atomic mass is 16.6. The van der Waals surface area contributed by atoms with E-state index in [0.29, 0.717) is 18.6 Å². The summed E-state index contributed by atoms with van der Waals surface area (Å²) in [6.45, 7) is 2.16. The van der Waals surface area contributed by atoms with Gasteiger partial charge in [0.05, 0.1) is 0 Å². The molecule has 1 amide bonds. The van der Waals surface area contributed by atoms with E-state index in [1.54, 1.807) is 18.2 Å². The number of carbonyl (C=O) groups excluding carboxylic acids is 2. The van der Waals surface area contributed by atoms with Gasteiger partial charge in [0.1, 0.15) is 12.4 Å². The zero-order chi connectivity index (χ0) is 15.1. The minimum Gasteiger partial charge on any atom is -0.482 e. The Bertz CT molecular complexity index is 551. The highest BCUT2D eigenvalue weighted by molar-refractivity contribution is 5.94. The summed E-state index contributed by atoms with van der Waals surface area (Å²) in [6.07, 6.45) is 5.82. The molecule has 112 valence electrons. The second-order valence-electron chi connectivity index (χ2n) is 4.72. The number of carbonyl (C=O) groups is 2. The number of nitrogens with one attached hydrogen (secondary N) is 1. The molecule has 0 saturated carbocycles. The highest BCUT2D eigenvalue weighted by Gasteiger charge is 2.15. The Hall–Kier alpha value is -2.30. The lowest BCUT2D eigenvalue weighted by atomic mass is 10.0. The van der Waals surface area contributed by atoms with Crippen LogP contribution in [-0.2, 0) is 20.7 Å². The molecule has 2 rings (SSSR count). The van der Waals surface area contributed by atoms with Crippen molar-refractivity contribution in [2.45, 2.75) is 26.2 Å². The molecule has 0 bridgehead atoms. The van der Waals surface area contributed by atoms with Gasteiger partial charge in [0.25, 0.3) is 0 Å². The average molecular weight is 289 g/mol. The number of benzene rings is 1. The molecule has 0 unspecified atom stereocenters. The van der Waals surface area contributed by atoms with Crippen LogP contribution in [0, 0.1) is 0 Å². The van der Waals surface area contributed by atoms with E-state index in [9.17, 15) is 9.59 Å². The molecule has 1 aromatic carbocycles. The summed E-state index contributed by atoms with van der Waals surface area (Å²) in [5.41, 5.74) is 1.83. The van der Waals surface area contributed by atoms with E-state index in [-0.39, 0.29) is 19.1 Å². The van der Waals surface area contributed by atoms with Crippen LogP contribution in [0.5, 0.6) is 5.75 Å². The van der Waals surface area contributed by atoms with Crippen molar-refractivity contribution >= 4 is 17.6 Å². The Labute approximate surface area is 123 Å². The van der Waals surface area contributed by atoms with Crippen molar-refractivity contribution in [1.82, 2.24) is 0 Å². The minimum absolute atomic E-state index is 0.0277. The molecule has 0 atom stereocenters. The number of amides is 1. The number of hydrogen-bond donors (Lipinski definition) is 1. The molecule has 0 aliphatic carbocycles. The molecule has 1 N–H and O–H groups in total. The van der Waals surface area contributed by atoms with Crippen LogP contribution < -0.4 is 10.1 Å². The Balaban J connectivity index is 1.82. The number of ether oxygens (including phenoxy) is 2. The smallest absolute Gasteiger partial charge is 0.344 e. The fourth-order valence-electron chi connectivity index (χ4n) is 2.01. The third kappa shape index (κ3) is 4.63. The number of esters is 1. The van der Waals surface area contributed by atoms with Gasteiger partial charge in [-0.15, -0.1) is 0 Å². The van der Waals surface area contributed by atoms with Gasteiger partial charge in [-0.2, -0.15) is 0 Å². The fraction of sp³-hybridized carbons (Fsp3) is 0.375. The molecule has 0 aromatic heterocycles. The molecular weight excluding hydrogens is 270 g/mol. The van der Waals surface area contributed by atoms with E-state index < -0.39 is 5.97 Å². The molecule has 0 radical (unpaired) electrons. The Morgan fingerprint density at radius 1 is 1.33 bits per heavy atom. The molecule has 0 saturated heterocycles. The van der Waals surface area contributed by atoms with Crippen LogP contribution in [0.4, 0.5) is 5.69 Å². The van der Waals surface area contributed by atoms with Gasteiger partial charge in [-0.05, 0) is 36.6 Å². The Morgan fingerprint density at radius 2 is 2.19 bits per heavy atom. The first-order valence-corrected chi connectivity index (χ1v) is 7.05. The van der Waals surface area contributed by atoms with E-state index in [0.717, 1.165) is 17.7 Å². The zero-order valence-corrected chi connectivity index (χ0v) is 12.1. The third-order valence-corrected chi connectivity index (χ3v) is 3.07. The van der Waals surface area contributed by atoms with Crippen LogP contribution in [0.15, 0.2) is 30.4 Å². The number of allylic oxidation sites excluding steroid dienone is 1. The molecule has 0 spiro atoms. The molecule has 21 heavy (non-hydrogen) atoms. The van der Waals surface area contributed by atoms with Crippen molar-refractivity contribution in [2.24, 2.45) is 0 Å². The van der Waals surface area contributed by atoms with E-state index in [4.69, 9.17) is 9.47 Å². The quantitative estimate of drug-likeness (QED) is 0.645. The van der Waals surface area contributed by atoms with Crippen molar-refractivity contribution in [3.63, 3.8) is 0 Å². The third-order valence-electron chi connectivity index (χ3n) is 3.07. The van der Waals surface area contributed by atoms with E-state index >= 15 is 0 Å². The molecule has 1 aromatic rings. The van der Waals surface area contributed by atoms with Crippen molar-refractivity contribution in [1.29, 1.82) is 0 Å². The van der Waals surface area contributed by atoms with Crippen LogP contribution in [0.25, 0.3) is 0 Å². The monoisotopic (exact) mass is 289 g/mol. The molecule has 1 aliphatic rings. The molecule has 0 fully saturated rings. The number of anilines is 1. The summed E-state index contributed by atoms with van der Waals surface area (Å²) in [4.78, 5) is 22.7. The average Bonchev–Trinajstić information content (AvgIpc) is 2.49. The summed E-state index contributed by atoms with van der Waals surface area (Å²) < 4.78 is 10.4. The molecular formula is C16H19NO4. The van der Waals surface area contributed by atoms with Crippen molar-refractivity contribution in [2.75, 3.05) is 18.5 Å². The molecule has 5 heteroatoms. The van der Waals surface area contributed by atoms with Gasteiger partial charge in [-0.1, -0.05) is 19.1 Å². The van der Waals surface area contributed by atoms with Crippen LogP contribution >= 0.6 is 0 Å². The number of aryl methyl sites for hydroxylation is 1. The van der Waals surface area contributed by atoms with Gasteiger partial charge >= 0.3 is 5.97 Å². The largest absolute Gasteiger partial charge is 0.482 e. The van der Waals surface area contributed by atoms with Gasteiger partial charge in [-0.3, -0.25) is 4.79 Å². The van der Waals surface area contributed by atoms with Gasteiger partial charge in [0, 0.05) is 12.1 Å². The van der Waals surface area contributed by atoms with Crippen molar-refractivity contribution in [3.05, 3.63) is 35.9 Å². The predicted molar refractivity (Wildman–Crippen MR) is 79.3 cm³/mol. The molecule has 1 aliphatic heterocycles. The first-order chi connectivity index (χ1) is 10.2. The standard InChI is InChI=1S/C16H19NO4/c1-2-3-4-9-20-16(19)11-21-13-6-7-14-12(10-13)5-8-15(18)17-14/h3-4,6-7,10H,2,5,8-9,11H2,1H3,(H,17,18). The second kappa shape index (κ2) is 7.47. The highest BCUT2D eigenvalue weighted by Crippen LogP contribution is 2.26. The maximum atomic E-state index is 11.5. The fourth-order valence-corrected chi connectivity index (χ4v) is 2.01. The maximum absolute atomic E-state index is 11.5. The minimum atomic E-state index is -0.401. The van der Waals surface area contributed by atoms with Gasteiger partial charge in [0.15, 0.2) is 6.61 Å². The predicted octanol–water partition coefficient (Wildman–Crippen LogP) is 2.46. The summed E-state index contributed by atoms with van der Waals surface area (Å²) in [6, 6.07) is 5.37. The number of fused-ring (bicyclic) bond motifs is 1. The lowest BCUT2D eigenvalue weighted by Crippen LogP contribution is -2.19. The first-order valence-electron chi connectivity index (χ1n) is 7.05. The Morgan fingerprint density at radius 3 is 3.00 bits per heavy atom. The van der Waals surface area contributed by atoms with E-state index in [2.05, 4.69) is 5.32 Å². The number of hydrogen-bond acceptors (Lipinski definition) is 4. The van der Waals surface area contributed by atoms with Gasteiger partial charge in [0.2, 0.25) is 5.91 Å². The van der Waals surface area contributed by atoms with Gasteiger partial charge in [-0.25, -0.2) is 4.79 Å². The number of rotatable bonds is 6. The molecule has 1 heterocycles. The van der Waals surface area contributed by atoms with Crippen molar-refractivity contribution in [3.8, 4) is 5.75 Å². The summed E-state index contributed by atoms with van der Waals surface area (Å²) in [5, 5.41) is 2.80.